The summed E-state index contributed by atoms with van der Waals surface area (Å²) in [5, 5.41) is 9.81. The highest BCUT2D eigenvalue weighted by atomic mass is 127. The Balaban J connectivity index is 1.64. The van der Waals surface area contributed by atoms with E-state index < -0.39 is 11.8 Å². The van der Waals surface area contributed by atoms with Crippen molar-refractivity contribution in [2.45, 2.75) is 27.7 Å². The quantitative estimate of drug-likeness (QED) is 0.123. The Morgan fingerprint density at radius 3 is 2.36 bits per heavy atom. The summed E-state index contributed by atoms with van der Waals surface area (Å²) < 4.78 is 12.1. The van der Waals surface area contributed by atoms with Crippen LogP contribution in [0.3, 0.4) is 0 Å². The Labute approximate surface area is 245 Å². The third-order valence-corrected chi connectivity index (χ3v) is 6.49. The number of ether oxygens (including phenoxy) is 2. The van der Waals surface area contributed by atoms with Gasteiger partial charge in [-0.05, 0) is 96.8 Å². The Kier molecular flexibility index (Phi) is 10.7. The molecule has 204 valence electrons. The largest absolute Gasteiger partial charge is 0.490 e. The predicted octanol–water partition coefficient (Wildman–Crippen LogP) is 5.37. The number of halogens is 2. The molecule has 0 aliphatic rings. The Bertz CT molecular complexity index is 1410. The van der Waals surface area contributed by atoms with Gasteiger partial charge in [0.05, 0.1) is 16.4 Å². The van der Waals surface area contributed by atoms with Gasteiger partial charge in [-0.1, -0.05) is 35.9 Å². The fourth-order valence-corrected chi connectivity index (χ4v) is 4.47. The first kappa shape index (κ1) is 29.9. The van der Waals surface area contributed by atoms with E-state index in [2.05, 4.69) is 43.8 Å². The second-order valence-corrected chi connectivity index (χ2v) is 10.1. The van der Waals surface area contributed by atoms with Crippen molar-refractivity contribution in [2.24, 2.45) is 5.10 Å². The number of carbonyl (C=O) groups is 3. The topological polar surface area (TPSA) is 118 Å². The maximum absolute atomic E-state index is 12.5. The zero-order valence-corrected chi connectivity index (χ0v) is 24.8. The normalized spacial score (nSPS) is 10.7. The summed E-state index contributed by atoms with van der Waals surface area (Å²) in [7, 11) is 0. The van der Waals surface area contributed by atoms with Crippen molar-refractivity contribution in [3.05, 3.63) is 79.4 Å². The van der Waals surface area contributed by atoms with Crippen LogP contribution in [0.4, 0.5) is 11.4 Å². The van der Waals surface area contributed by atoms with Crippen molar-refractivity contribution in [2.75, 3.05) is 23.8 Å². The first-order chi connectivity index (χ1) is 18.6. The van der Waals surface area contributed by atoms with Crippen molar-refractivity contribution in [3.63, 3.8) is 0 Å². The molecule has 0 aliphatic heterocycles. The third-order valence-electron chi connectivity index (χ3n) is 5.46. The van der Waals surface area contributed by atoms with Crippen LogP contribution in [0.25, 0.3) is 0 Å². The summed E-state index contributed by atoms with van der Waals surface area (Å²) in [6.07, 6.45) is 1.38. The SMILES string of the molecule is CCOc1cc(/C=N\NC(=O)C(=O)Nc2c(C)cccc2C)cc(I)c1OCC(=O)Nc1cc(Cl)ccc1C. The van der Waals surface area contributed by atoms with E-state index in [0.717, 1.165) is 16.7 Å². The van der Waals surface area contributed by atoms with Gasteiger partial charge in [0.15, 0.2) is 18.1 Å². The minimum Gasteiger partial charge on any atom is -0.490 e. The molecular formula is C28H28ClIN4O5. The lowest BCUT2D eigenvalue weighted by molar-refractivity contribution is -0.136. The second-order valence-electron chi connectivity index (χ2n) is 8.48. The molecule has 0 heterocycles. The molecule has 9 nitrogen and oxygen atoms in total. The average Bonchev–Trinajstić information content (AvgIpc) is 2.88. The van der Waals surface area contributed by atoms with Crippen LogP contribution < -0.4 is 25.5 Å². The fraction of sp³-hybridized carbons (Fsp3) is 0.214. The minimum atomic E-state index is -0.908. The van der Waals surface area contributed by atoms with Gasteiger partial charge >= 0.3 is 11.8 Å². The van der Waals surface area contributed by atoms with Crippen molar-refractivity contribution in [1.82, 2.24) is 5.43 Å². The van der Waals surface area contributed by atoms with E-state index >= 15 is 0 Å². The van der Waals surface area contributed by atoms with Gasteiger partial charge < -0.3 is 20.1 Å². The van der Waals surface area contributed by atoms with E-state index in [1.807, 2.05) is 52.0 Å². The lowest BCUT2D eigenvalue weighted by atomic mass is 10.1. The summed E-state index contributed by atoms with van der Waals surface area (Å²) in [5.41, 5.74) is 6.57. The maximum atomic E-state index is 12.5. The molecule has 3 rings (SSSR count). The first-order valence-electron chi connectivity index (χ1n) is 11.9. The Morgan fingerprint density at radius 1 is 0.949 bits per heavy atom. The standard InChI is InChI=1S/C28H28ClIN4O5/c1-5-38-23-12-19(14-31-34-28(37)27(36)33-25-17(3)7-6-8-18(25)4)11-21(30)26(23)39-15-24(35)32-22-13-20(29)10-9-16(22)2/h6-14H,5,15H2,1-4H3,(H,32,35)(H,33,36)(H,34,37)/b31-14-. The van der Waals surface area contributed by atoms with E-state index in [0.29, 0.717) is 43.6 Å². The molecule has 3 aromatic carbocycles. The highest BCUT2D eigenvalue weighted by Crippen LogP contribution is 2.34. The number of amides is 3. The van der Waals surface area contributed by atoms with Crippen molar-refractivity contribution in [1.29, 1.82) is 0 Å². The van der Waals surface area contributed by atoms with Crippen molar-refractivity contribution in [3.8, 4) is 11.5 Å². The molecule has 0 fully saturated rings. The average molecular weight is 663 g/mol. The number of para-hydroxylation sites is 1. The highest BCUT2D eigenvalue weighted by Gasteiger charge is 2.16. The molecule has 0 spiro atoms. The van der Waals surface area contributed by atoms with Gasteiger partial charge in [-0.3, -0.25) is 14.4 Å². The summed E-state index contributed by atoms with van der Waals surface area (Å²) >= 11 is 8.08. The predicted molar refractivity (Wildman–Crippen MR) is 161 cm³/mol. The third kappa shape index (κ3) is 8.42. The number of hydrazone groups is 1. The van der Waals surface area contributed by atoms with E-state index in [4.69, 9.17) is 21.1 Å². The molecule has 3 aromatic rings. The number of hydrogen-bond acceptors (Lipinski definition) is 6. The van der Waals surface area contributed by atoms with Gasteiger partial charge in [-0.25, -0.2) is 5.43 Å². The molecule has 39 heavy (non-hydrogen) atoms. The maximum Gasteiger partial charge on any atom is 0.329 e. The van der Waals surface area contributed by atoms with Crippen LogP contribution >= 0.6 is 34.2 Å². The van der Waals surface area contributed by atoms with Gasteiger partial charge in [-0.15, -0.1) is 0 Å². The second kappa shape index (κ2) is 13.9. The van der Waals surface area contributed by atoms with Crippen LogP contribution in [-0.2, 0) is 14.4 Å². The zero-order valence-electron chi connectivity index (χ0n) is 21.9. The van der Waals surface area contributed by atoms with Gasteiger partial charge in [0.25, 0.3) is 5.91 Å². The number of benzene rings is 3. The monoisotopic (exact) mass is 662 g/mol. The van der Waals surface area contributed by atoms with E-state index in [1.54, 1.807) is 24.3 Å². The van der Waals surface area contributed by atoms with E-state index in [1.165, 1.54) is 6.21 Å². The van der Waals surface area contributed by atoms with E-state index in [-0.39, 0.29) is 12.5 Å². The molecular weight excluding hydrogens is 635 g/mol. The highest BCUT2D eigenvalue weighted by molar-refractivity contribution is 14.1. The summed E-state index contributed by atoms with van der Waals surface area (Å²) in [5.74, 6) is -1.30. The molecule has 0 aromatic heterocycles. The first-order valence-corrected chi connectivity index (χ1v) is 13.4. The van der Waals surface area contributed by atoms with Gasteiger partial charge in [0.2, 0.25) is 0 Å². The molecule has 0 saturated heterocycles. The molecule has 3 N–H and O–H groups in total. The van der Waals surface area contributed by atoms with Crippen molar-refractivity contribution >= 4 is 69.5 Å². The molecule has 0 atom stereocenters. The molecule has 11 heteroatoms. The van der Waals surface area contributed by atoms with Crippen molar-refractivity contribution < 1.29 is 23.9 Å². The number of aryl methyl sites for hydroxylation is 3. The molecule has 0 aliphatic carbocycles. The summed E-state index contributed by atoms with van der Waals surface area (Å²) in [6, 6.07) is 14.2. The number of carbonyl (C=O) groups excluding carboxylic acids is 3. The van der Waals surface area contributed by atoms with Crippen LogP contribution in [0.2, 0.25) is 5.02 Å². The zero-order chi connectivity index (χ0) is 28.5. The number of anilines is 2. The van der Waals surface area contributed by atoms with Crippen LogP contribution in [0, 0.1) is 24.3 Å². The molecule has 0 unspecified atom stereocenters. The number of rotatable bonds is 9. The lowest BCUT2D eigenvalue weighted by Gasteiger charge is -2.15. The van der Waals surface area contributed by atoms with Crippen LogP contribution in [-0.4, -0.2) is 37.1 Å². The summed E-state index contributed by atoms with van der Waals surface area (Å²) in [6.45, 7) is 7.48. The molecule has 0 saturated carbocycles. The number of hydrogen-bond donors (Lipinski definition) is 3. The fourth-order valence-electron chi connectivity index (χ4n) is 3.52. The van der Waals surface area contributed by atoms with Crippen LogP contribution in [0.15, 0.2) is 53.6 Å². The molecule has 0 radical (unpaired) electrons. The lowest BCUT2D eigenvalue weighted by Crippen LogP contribution is -2.32. The molecule has 3 amide bonds. The van der Waals surface area contributed by atoms with Gasteiger partial charge in [0.1, 0.15) is 0 Å². The van der Waals surface area contributed by atoms with E-state index in [9.17, 15) is 14.4 Å². The van der Waals surface area contributed by atoms with Crippen LogP contribution in [0.5, 0.6) is 11.5 Å². The van der Waals surface area contributed by atoms with Crippen LogP contribution in [0.1, 0.15) is 29.2 Å². The number of nitrogens with one attached hydrogen (secondary N) is 3. The summed E-state index contributed by atoms with van der Waals surface area (Å²) in [4.78, 5) is 37.0. The smallest absolute Gasteiger partial charge is 0.329 e. The number of nitrogens with zero attached hydrogens (tertiary/aromatic N) is 1. The molecule has 0 bridgehead atoms. The Morgan fingerprint density at radius 2 is 1.67 bits per heavy atom. The minimum absolute atomic E-state index is 0.249. The Hall–Kier alpha value is -3.64. The van der Waals surface area contributed by atoms with Gasteiger partial charge in [0, 0.05) is 16.4 Å². The van der Waals surface area contributed by atoms with Gasteiger partial charge in [-0.2, -0.15) is 5.10 Å².